The second-order valence-electron chi connectivity index (χ2n) is 5.96. The Labute approximate surface area is 106 Å². The third-order valence-corrected chi connectivity index (χ3v) is 4.53. The normalized spacial score (nSPS) is 18.8. The largest absolute Gasteiger partial charge is 0.316 e. The van der Waals surface area contributed by atoms with Gasteiger partial charge < -0.3 is 5.32 Å². The molecule has 1 aliphatic rings. The van der Waals surface area contributed by atoms with Crippen LogP contribution in [0.25, 0.3) is 0 Å². The Morgan fingerprint density at radius 3 is 2.35 bits per heavy atom. The van der Waals surface area contributed by atoms with Gasteiger partial charge in [0.1, 0.15) is 0 Å². The summed E-state index contributed by atoms with van der Waals surface area (Å²) in [4.78, 5) is 0. The Kier molecular flexibility index (Phi) is 3.88. The molecule has 0 bridgehead atoms. The minimum Gasteiger partial charge on any atom is -0.316 e. The zero-order valence-corrected chi connectivity index (χ0v) is 11.4. The molecule has 0 heterocycles. The lowest BCUT2D eigenvalue weighted by molar-refractivity contribution is 0.221. The molecule has 17 heavy (non-hydrogen) atoms. The van der Waals surface area contributed by atoms with Gasteiger partial charge in [-0.25, -0.2) is 0 Å². The van der Waals surface area contributed by atoms with Crippen molar-refractivity contribution < 1.29 is 0 Å². The third-order valence-electron chi connectivity index (χ3n) is 4.53. The maximum Gasteiger partial charge on any atom is 0.0158 e. The minimum atomic E-state index is 0.214. The Balaban J connectivity index is 2.10. The summed E-state index contributed by atoms with van der Waals surface area (Å²) in [6.07, 6.45) is 5.62. The average Bonchev–Trinajstić information content (AvgIpc) is 2.28. The molecule has 1 heteroatoms. The van der Waals surface area contributed by atoms with Crippen molar-refractivity contribution in [1.29, 1.82) is 0 Å². The maximum absolute atomic E-state index is 3.54. The number of hydrogen-bond donors (Lipinski definition) is 1. The molecule has 0 aromatic heterocycles. The van der Waals surface area contributed by atoms with E-state index in [1.165, 1.54) is 31.2 Å². The first-order valence-corrected chi connectivity index (χ1v) is 6.87. The molecule has 1 unspecified atom stereocenters. The first-order valence-electron chi connectivity index (χ1n) is 6.87. The van der Waals surface area contributed by atoms with Gasteiger partial charge in [0.25, 0.3) is 0 Å². The van der Waals surface area contributed by atoms with E-state index in [1.807, 2.05) is 0 Å². The van der Waals surface area contributed by atoms with E-state index in [0.29, 0.717) is 6.04 Å². The van der Waals surface area contributed by atoms with E-state index in [9.17, 15) is 0 Å². The molecule has 0 spiro atoms. The van der Waals surface area contributed by atoms with Gasteiger partial charge in [0.15, 0.2) is 0 Å². The summed E-state index contributed by atoms with van der Waals surface area (Å²) >= 11 is 0. The molecule has 1 aliphatic carbocycles. The van der Waals surface area contributed by atoms with Crippen molar-refractivity contribution >= 4 is 0 Å². The molecule has 2 rings (SSSR count). The molecule has 0 saturated heterocycles. The van der Waals surface area contributed by atoms with Crippen molar-refractivity contribution in [2.45, 2.75) is 51.0 Å². The van der Waals surface area contributed by atoms with Gasteiger partial charge in [-0.1, -0.05) is 63.4 Å². The minimum absolute atomic E-state index is 0.214. The second-order valence-corrected chi connectivity index (χ2v) is 5.96. The van der Waals surface area contributed by atoms with Crippen molar-refractivity contribution in [3.63, 3.8) is 0 Å². The summed E-state index contributed by atoms with van der Waals surface area (Å²) in [7, 11) is 2.11. The molecule has 0 radical (unpaired) electrons. The number of benzene rings is 1. The first kappa shape index (κ1) is 12.6. The number of hydrogen-bond acceptors (Lipinski definition) is 1. The molecule has 1 nitrogen and oxygen atoms in total. The fourth-order valence-corrected chi connectivity index (χ4v) is 2.90. The number of nitrogens with one attached hydrogen (secondary N) is 1. The van der Waals surface area contributed by atoms with Gasteiger partial charge >= 0.3 is 0 Å². The highest BCUT2D eigenvalue weighted by Crippen LogP contribution is 2.36. The van der Waals surface area contributed by atoms with Gasteiger partial charge in [-0.2, -0.15) is 0 Å². The molecule has 0 amide bonds. The van der Waals surface area contributed by atoms with E-state index >= 15 is 0 Å². The molecule has 1 atom stereocenters. The van der Waals surface area contributed by atoms with E-state index in [1.54, 1.807) is 0 Å². The van der Waals surface area contributed by atoms with Crippen LogP contribution in [0.3, 0.4) is 0 Å². The second kappa shape index (κ2) is 5.22. The molecule has 1 aromatic carbocycles. The van der Waals surface area contributed by atoms with Crippen LogP contribution in [0.5, 0.6) is 0 Å². The molecule has 1 saturated carbocycles. The fourth-order valence-electron chi connectivity index (χ4n) is 2.90. The van der Waals surface area contributed by atoms with Gasteiger partial charge in [0, 0.05) is 11.5 Å². The lowest BCUT2D eigenvalue weighted by Crippen LogP contribution is -2.45. The van der Waals surface area contributed by atoms with Crippen LogP contribution in [0.15, 0.2) is 30.3 Å². The molecular weight excluding hydrogens is 206 g/mol. The first-order chi connectivity index (χ1) is 8.14. The summed E-state index contributed by atoms with van der Waals surface area (Å²) in [5, 5.41) is 3.54. The van der Waals surface area contributed by atoms with Crippen molar-refractivity contribution in [3.05, 3.63) is 35.9 Å². The summed E-state index contributed by atoms with van der Waals surface area (Å²) in [6, 6.07) is 11.5. The zero-order valence-electron chi connectivity index (χ0n) is 11.4. The van der Waals surface area contributed by atoms with E-state index in [4.69, 9.17) is 0 Å². The summed E-state index contributed by atoms with van der Waals surface area (Å²) in [5.74, 6) is 0.954. The van der Waals surface area contributed by atoms with Crippen LogP contribution in [0.2, 0.25) is 0 Å². The van der Waals surface area contributed by atoms with Crippen LogP contribution >= 0.6 is 0 Å². The van der Waals surface area contributed by atoms with Crippen LogP contribution in [0, 0.1) is 5.92 Å². The van der Waals surface area contributed by atoms with Crippen molar-refractivity contribution in [2.24, 2.45) is 5.92 Å². The Morgan fingerprint density at radius 2 is 1.88 bits per heavy atom. The van der Waals surface area contributed by atoms with Crippen molar-refractivity contribution in [3.8, 4) is 0 Å². The van der Waals surface area contributed by atoms with Gasteiger partial charge in [-0.15, -0.1) is 0 Å². The third kappa shape index (κ3) is 2.71. The maximum atomic E-state index is 3.54. The van der Waals surface area contributed by atoms with Crippen LogP contribution in [0.1, 0.15) is 45.1 Å². The summed E-state index contributed by atoms with van der Waals surface area (Å²) < 4.78 is 0. The lowest BCUT2D eigenvalue weighted by Gasteiger charge is -2.39. The average molecular weight is 231 g/mol. The van der Waals surface area contributed by atoms with Gasteiger partial charge in [0.05, 0.1) is 0 Å². The Bertz CT molecular complexity index is 338. The molecule has 1 fully saturated rings. The summed E-state index contributed by atoms with van der Waals surface area (Å²) in [6.45, 7) is 4.73. The molecule has 94 valence electrons. The predicted molar refractivity (Wildman–Crippen MR) is 74.3 cm³/mol. The van der Waals surface area contributed by atoms with Gasteiger partial charge in [0.2, 0.25) is 0 Å². The highest BCUT2D eigenvalue weighted by molar-refractivity contribution is 5.25. The van der Waals surface area contributed by atoms with Crippen LogP contribution in [0.4, 0.5) is 0 Å². The van der Waals surface area contributed by atoms with E-state index in [-0.39, 0.29) is 5.41 Å². The molecular formula is C16H25N. The van der Waals surface area contributed by atoms with E-state index in [0.717, 1.165) is 5.92 Å². The van der Waals surface area contributed by atoms with Crippen molar-refractivity contribution in [1.82, 2.24) is 5.32 Å². The van der Waals surface area contributed by atoms with Crippen molar-refractivity contribution in [2.75, 3.05) is 7.05 Å². The highest BCUT2D eigenvalue weighted by Gasteiger charge is 2.33. The highest BCUT2D eigenvalue weighted by atomic mass is 14.9. The molecule has 1 aromatic rings. The van der Waals surface area contributed by atoms with Crippen LogP contribution < -0.4 is 5.32 Å². The smallest absolute Gasteiger partial charge is 0.0158 e. The summed E-state index contributed by atoms with van der Waals surface area (Å²) in [5.41, 5.74) is 1.66. The van der Waals surface area contributed by atoms with Crippen LogP contribution in [-0.4, -0.2) is 13.1 Å². The van der Waals surface area contributed by atoms with Crippen LogP contribution in [-0.2, 0) is 5.41 Å². The number of likely N-dealkylation sites (N-methyl/N-ethyl adjacent to an activating group) is 1. The molecule has 0 aliphatic heterocycles. The Morgan fingerprint density at radius 1 is 1.24 bits per heavy atom. The van der Waals surface area contributed by atoms with E-state index in [2.05, 4.69) is 56.5 Å². The molecule has 1 N–H and O–H groups in total. The topological polar surface area (TPSA) is 12.0 Å². The van der Waals surface area contributed by atoms with Gasteiger partial charge in [-0.05, 0) is 24.9 Å². The lowest BCUT2D eigenvalue weighted by atomic mass is 9.71. The fraction of sp³-hybridized carbons (Fsp3) is 0.625. The standard InChI is InChI=1S/C16H25N/c1-16(2,14-10-5-4-6-11-14)15(17-3)12-13-8-7-9-13/h4-6,10-11,13,15,17H,7-9,12H2,1-3H3. The zero-order chi connectivity index (χ0) is 12.3. The number of rotatable bonds is 5. The SMILES string of the molecule is CNC(CC1CCC1)C(C)(C)c1ccccc1. The quantitative estimate of drug-likeness (QED) is 0.814. The predicted octanol–water partition coefficient (Wildman–Crippen LogP) is 3.74. The Hall–Kier alpha value is -0.820. The monoisotopic (exact) mass is 231 g/mol. The van der Waals surface area contributed by atoms with E-state index < -0.39 is 0 Å². The van der Waals surface area contributed by atoms with Gasteiger partial charge in [-0.3, -0.25) is 0 Å².